The van der Waals surface area contributed by atoms with Gasteiger partial charge in [0.1, 0.15) is 17.5 Å². The van der Waals surface area contributed by atoms with E-state index >= 15 is 0 Å². The third-order valence-corrected chi connectivity index (χ3v) is 7.13. The topological polar surface area (TPSA) is 67.9 Å². The fourth-order valence-corrected chi connectivity index (χ4v) is 4.26. The predicted molar refractivity (Wildman–Crippen MR) is 145 cm³/mol. The number of methoxy groups -OCH3 is 1. The van der Waals surface area contributed by atoms with Gasteiger partial charge in [-0.2, -0.15) is 0 Å². The third kappa shape index (κ3) is 7.34. The van der Waals surface area contributed by atoms with Gasteiger partial charge >= 0.3 is 0 Å². The summed E-state index contributed by atoms with van der Waals surface area (Å²) in [6, 6.07) is 20.3. The van der Waals surface area contributed by atoms with Crippen LogP contribution in [0.25, 0.3) is 0 Å². The molecule has 0 heterocycles. The van der Waals surface area contributed by atoms with E-state index in [9.17, 15) is 9.59 Å². The number of nitrogens with zero attached hydrogens (tertiary/aromatic N) is 1. The minimum Gasteiger partial charge on any atom is -0.497 e. The van der Waals surface area contributed by atoms with E-state index < -0.39 is 6.04 Å². The van der Waals surface area contributed by atoms with Crippen molar-refractivity contribution in [1.82, 2.24) is 10.2 Å². The quantitative estimate of drug-likeness (QED) is 0.353. The molecule has 1 unspecified atom stereocenters. The lowest BCUT2D eigenvalue weighted by Gasteiger charge is -2.31. The molecule has 0 aliphatic carbocycles. The zero-order valence-corrected chi connectivity index (χ0v) is 22.8. The highest BCUT2D eigenvalue weighted by Crippen LogP contribution is 2.26. The minimum absolute atomic E-state index is 0.185. The monoisotopic (exact) mass is 552 g/mol. The third-order valence-electron chi connectivity index (χ3n) is 5.88. The van der Waals surface area contributed by atoms with Gasteiger partial charge in [-0.1, -0.05) is 58.4 Å². The van der Waals surface area contributed by atoms with E-state index in [-0.39, 0.29) is 25.0 Å². The van der Waals surface area contributed by atoms with Crippen molar-refractivity contribution >= 4 is 27.7 Å². The summed E-state index contributed by atoms with van der Waals surface area (Å²) in [6.07, 6.45) is 0.388. The first-order valence-electron chi connectivity index (χ1n) is 12.0. The number of nitrogens with one attached hydrogen (secondary N) is 1. The van der Waals surface area contributed by atoms with Crippen LogP contribution in [0.5, 0.6) is 11.5 Å². The number of likely N-dealkylation sites (N-methyl/N-ethyl adjacent to an activating group) is 1. The molecule has 3 aromatic carbocycles. The fourth-order valence-electron chi connectivity index (χ4n) is 4.03. The SMILES string of the molecule is CCNC(=O)C(Cc1ccccc1)N(Cc1cccc(OC)c1)C(=O)COc1cc(C)c(Br)c(C)c1. The number of ether oxygens (including phenoxy) is 2. The lowest BCUT2D eigenvalue weighted by atomic mass is 10.0. The largest absolute Gasteiger partial charge is 0.497 e. The van der Waals surface area contributed by atoms with Crippen LogP contribution < -0.4 is 14.8 Å². The standard InChI is InChI=1S/C29H33BrN2O4/c1-5-31-29(34)26(17-22-10-7-6-8-11-22)32(18-23-12-9-13-24(16-23)35-4)27(33)19-36-25-14-20(2)28(30)21(3)15-25/h6-16,26H,5,17-19H2,1-4H3,(H,31,34). The molecule has 0 aliphatic heterocycles. The Labute approximate surface area is 221 Å². The summed E-state index contributed by atoms with van der Waals surface area (Å²) in [4.78, 5) is 28.5. The molecule has 3 rings (SSSR count). The summed E-state index contributed by atoms with van der Waals surface area (Å²) < 4.78 is 12.3. The number of hydrogen-bond acceptors (Lipinski definition) is 4. The number of benzene rings is 3. The van der Waals surface area contributed by atoms with Gasteiger partial charge < -0.3 is 19.7 Å². The average molecular weight is 553 g/mol. The smallest absolute Gasteiger partial charge is 0.261 e. The minimum atomic E-state index is -0.706. The van der Waals surface area contributed by atoms with Crippen LogP contribution in [0.3, 0.4) is 0 Å². The second-order valence-corrected chi connectivity index (χ2v) is 9.43. The Morgan fingerprint density at radius 1 is 0.944 bits per heavy atom. The van der Waals surface area contributed by atoms with Crippen LogP contribution in [0, 0.1) is 13.8 Å². The van der Waals surface area contributed by atoms with Gasteiger partial charge in [-0.25, -0.2) is 0 Å². The van der Waals surface area contributed by atoms with Crippen molar-refractivity contribution in [3.63, 3.8) is 0 Å². The van der Waals surface area contributed by atoms with Crippen LogP contribution in [0.4, 0.5) is 0 Å². The van der Waals surface area contributed by atoms with Crippen molar-refractivity contribution in [2.24, 2.45) is 0 Å². The second kappa shape index (κ2) is 13.1. The molecular weight excluding hydrogens is 520 g/mol. The molecule has 36 heavy (non-hydrogen) atoms. The molecular formula is C29H33BrN2O4. The summed E-state index contributed by atoms with van der Waals surface area (Å²) in [6.45, 7) is 6.35. The Morgan fingerprint density at radius 3 is 2.25 bits per heavy atom. The van der Waals surface area contributed by atoms with Gasteiger partial charge in [0.2, 0.25) is 5.91 Å². The molecule has 0 saturated heterocycles. The predicted octanol–water partition coefficient (Wildman–Crippen LogP) is 5.23. The Hall–Kier alpha value is -3.32. The highest BCUT2D eigenvalue weighted by molar-refractivity contribution is 9.10. The molecule has 1 N–H and O–H groups in total. The first-order valence-corrected chi connectivity index (χ1v) is 12.7. The number of carbonyl (C=O) groups excluding carboxylic acids is 2. The Kier molecular flexibility index (Phi) is 9.94. The van der Waals surface area contributed by atoms with Crippen LogP contribution >= 0.6 is 15.9 Å². The molecule has 6 nitrogen and oxygen atoms in total. The Morgan fingerprint density at radius 2 is 1.61 bits per heavy atom. The number of amides is 2. The van der Waals surface area contributed by atoms with Crippen LogP contribution in [-0.4, -0.2) is 43.0 Å². The zero-order chi connectivity index (χ0) is 26.1. The number of rotatable bonds is 11. The van der Waals surface area contributed by atoms with Crippen molar-refractivity contribution in [2.45, 2.75) is 39.8 Å². The van der Waals surface area contributed by atoms with Crippen LogP contribution in [0.2, 0.25) is 0 Å². The molecule has 0 spiro atoms. The second-order valence-electron chi connectivity index (χ2n) is 8.63. The fraction of sp³-hybridized carbons (Fsp3) is 0.310. The molecule has 7 heteroatoms. The van der Waals surface area contributed by atoms with Gasteiger partial charge in [0.15, 0.2) is 6.61 Å². The highest BCUT2D eigenvalue weighted by atomic mass is 79.9. The summed E-state index contributed by atoms with van der Waals surface area (Å²) >= 11 is 3.56. The lowest BCUT2D eigenvalue weighted by molar-refractivity contribution is -0.142. The van der Waals surface area contributed by atoms with Crippen molar-refractivity contribution < 1.29 is 19.1 Å². The van der Waals surface area contributed by atoms with Gasteiger partial charge in [0.25, 0.3) is 5.91 Å². The van der Waals surface area contributed by atoms with Crippen LogP contribution in [0.15, 0.2) is 71.2 Å². The van der Waals surface area contributed by atoms with E-state index in [1.165, 1.54) is 0 Å². The van der Waals surface area contributed by atoms with E-state index in [0.717, 1.165) is 26.7 Å². The van der Waals surface area contributed by atoms with Gasteiger partial charge in [-0.3, -0.25) is 9.59 Å². The van der Waals surface area contributed by atoms with E-state index in [4.69, 9.17) is 9.47 Å². The molecule has 0 aromatic heterocycles. The number of halogens is 1. The normalized spacial score (nSPS) is 11.5. The summed E-state index contributed by atoms with van der Waals surface area (Å²) in [7, 11) is 1.60. The molecule has 0 saturated carbocycles. The average Bonchev–Trinajstić information content (AvgIpc) is 2.88. The Bertz CT molecular complexity index is 1160. The maximum absolute atomic E-state index is 13.6. The highest BCUT2D eigenvalue weighted by Gasteiger charge is 2.30. The van der Waals surface area contributed by atoms with Crippen molar-refractivity contribution in [2.75, 3.05) is 20.3 Å². The molecule has 1 atom stereocenters. The zero-order valence-electron chi connectivity index (χ0n) is 21.2. The molecule has 0 bridgehead atoms. The summed E-state index contributed by atoms with van der Waals surface area (Å²) in [5, 5.41) is 2.90. The van der Waals surface area contributed by atoms with E-state index in [0.29, 0.717) is 24.5 Å². The molecule has 0 fully saturated rings. The molecule has 2 amide bonds. The molecule has 190 valence electrons. The molecule has 0 radical (unpaired) electrons. The molecule has 3 aromatic rings. The van der Waals surface area contributed by atoms with Gasteiger partial charge in [0, 0.05) is 24.0 Å². The van der Waals surface area contributed by atoms with Gasteiger partial charge in [-0.15, -0.1) is 0 Å². The lowest BCUT2D eigenvalue weighted by Crippen LogP contribution is -2.51. The van der Waals surface area contributed by atoms with Crippen molar-refractivity contribution in [3.05, 3.63) is 93.5 Å². The number of aryl methyl sites for hydroxylation is 2. The van der Waals surface area contributed by atoms with Crippen LogP contribution in [-0.2, 0) is 22.6 Å². The van der Waals surface area contributed by atoms with Crippen LogP contribution in [0.1, 0.15) is 29.2 Å². The number of carbonyl (C=O) groups is 2. The van der Waals surface area contributed by atoms with Gasteiger partial charge in [0.05, 0.1) is 7.11 Å². The van der Waals surface area contributed by atoms with Crippen molar-refractivity contribution in [3.8, 4) is 11.5 Å². The van der Waals surface area contributed by atoms with Crippen molar-refractivity contribution in [1.29, 1.82) is 0 Å². The first-order chi connectivity index (χ1) is 17.3. The number of hydrogen-bond donors (Lipinski definition) is 1. The summed E-state index contributed by atoms with van der Waals surface area (Å²) in [5.41, 5.74) is 3.88. The maximum Gasteiger partial charge on any atom is 0.261 e. The maximum atomic E-state index is 13.6. The first kappa shape index (κ1) is 27.3. The molecule has 0 aliphatic rings. The van der Waals surface area contributed by atoms with Gasteiger partial charge in [-0.05, 0) is 67.3 Å². The summed E-state index contributed by atoms with van der Waals surface area (Å²) in [5.74, 6) is 0.825. The Balaban J connectivity index is 1.91. The van der Waals surface area contributed by atoms with E-state index in [1.54, 1.807) is 12.0 Å². The van der Waals surface area contributed by atoms with E-state index in [1.807, 2.05) is 87.5 Å². The van der Waals surface area contributed by atoms with E-state index in [2.05, 4.69) is 21.2 Å².